The molecule has 0 spiro atoms. The van der Waals surface area contributed by atoms with Crippen LogP contribution in [0.5, 0.6) is 0 Å². The monoisotopic (exact) mass is 280 g/mol. The molecule has 0 bridgehead atoms. The zero-order valence-corrected chi connectivity index (χ0v) is 11.7. The van der Waals surface area contributed by atoms with Crippen LogP contribution in [-0.2, 0) is 18.3 Å². The van der Waals surface area contributed by atoms with E-state index in [4.69, 9.17) is 5.11 Å². The highest BCUT2D eigenvalue weighted by Gasteiger charge is 2.36. The fraction of sp³-hybridized carbons (Fsp3) is 0.615. The molecule has 1 unspecified atom stereocenters. The summed E-state index contributed by atoms with van der Waals surface area (Å²) in [5, 5.41) is 11.7. The van der Waals surface area contributed by atoms with E-state index in [9.17, 15) is 9.59 Å². The van der Waals surface area contributed by atoms with E-state index in [0.717, 1.165) is 5.82 Å². The van der Waals surface area contributed by atoms with Gasteiger partial charge >= 0.3 is 12.0 Å². The fourth-order valence-electron chi connectivity index (χ4n) is 2.23. The maximum atomic E-state index is 11.8. The zero-order chi connectivity index (χ0) is 14.7. The van der Waals surface area contributed by atoms with Crippen molar-refractivity contribution in [3.63, 3.8) is 0 Å². The molecule has 0 radical (unpaired) electrons. The Labute approximate surface area is 117 Å². The van der Waals surface area contributed by atoms with Gasteiger partial charge in [-0.3, -0.25) is 4.79 Å². The maximum absolute atomic E-state index is 11.8. The number of rotatable bonds is 5. The molecule has 2 rings (SSSR count). The van der Waals surface area contributed by atoms with Crippen LogP contribution in [0.1, 0.15) is 12.7 Å². The minimum absolute atomic E-state index is 0.0628. The number of amides is 2. The van der Waals surface area contributed by atoms with Crippen molar-refractivity contribution in [3.05, 3.63) is 18.2 Å². The first-order valence-electron chi connectivity index (χ1n) is 6.71. The highest BCUT2D eigenvalue weighted by Crippen LogP contribution is 2.23. The van der Waals surface area contributed by atoms with Gasteiger partial charge in [-0.25, -0.2) is 9.78 Å². The van der Waals surface area contributed by atoms with E-state index in [1.165, 1.54) is 0 Å². The lowest BCUT2D eigenvalue weighted by atomic mass is 9.87. The van der Waals surface area contributed by atoms with E-state index in [2.05, 4.69) is 10.3 Å². The molecule has 0 saturated carbocycles. The van der Waals surface area contributed by atoms with Gasteiger partial charge in [0.2, 0.25) is 0 Å². The second kappa shape index (κ2) is 5.94. The minimum Gasteiger partial charge on any atom is -0.481 e. The Morgan fingerprint density at radius 3 is 2.80 bits per heavy atom. The second-order valence-electron chi connectivity index (χ2n) is 5.23. The lowest BCUT2D eigenvalue weighted by Gasteiger charge is -2.41. The van der Waals surface area contributed by atoms with Crippen molar-refractivity contribution >= 4 is 12.0 Å². The van der Waals surface area contributed by atoms with E-state index in [1.807, 2.05) is 17.8 Å². The van der Waals surface area contributed by atoms with E-state index in [-0.39, 0.29) is 11.9 Å². The van der Waals surface area contributed by atoms with Crippen LogP contribution >= 0.6 is 0 Å². The summed E-state index contributed by atoms with van der Waals surface area (Å²) in [5.74, 6) is -0.212. The van der Waals surface area contributed by atoms with E-state index >= 15 is 0 Å². The molecule has 1 aliphatic rings. The molecule has 20 heavy (non-hydrogen) atoms. The lowest BCUT2D eigenvalue weighted by Crippen LogP contribution is -2.56. The molecule has 1 atom stereocenters. The summed E-state index contributed by atoms with van der Waals surface area (Å²) in [6.07, 6.45) is 4.27. The van der Waals surface area contributed by atoms with Crippen LogP contribution < -0.4 is 5.32 Å². The maximum Gasteiger partial charge on any atom is 0.317 e. The van der Waals surface area contributed by atoms with E-state index in [0.29, 0.717) is 26.1 Å². The molecular weight excluding hydrogens is 260 g/mol. The molecule has 1 aromatic heterocycles. The number of aliphatic carboxylic acids is 1. The summed E-state index contributed by atoms with van der Waals surface area (Å²) in [6, 6.07) is -0.131. The van der Waals surface area contributed by atoms with Crippen LogP contribution in [0.25, 0.3) is 0 Å². The molecule has 7 nitrogen and oxygen atoms in total. The molecule has 1 fully saturated rings. The number of hydrogen-bond donors (Lipinski definition) is 2. The van der Waals surface area contributed by atoms with Crippen molar-refractivity contribution in [3.8, 4) is 0 Å². The van der Waals surface area contributed by atoms with Crippen molar-refractivity contribution in [2.75, 3.05) is 19.6 Å². The number of imidazole rings is 1. The third kappa shape index (κ3) is 3.09. The number of nitrogens with one attached hydrogen (secondary N) is 1. The number of carboxylic acid groups (broad SMARTS) is 1. The first-order valence-corrected chi connectivity index (χ1v) is 6.71. The Morgan fingerprint density at radius 1 is 1.55 bits per heavy atom. The molecule has 7 heteroatoms. The van der Waals surface area contributed by atoms with Gasteiger partial charge in [-0.2, -0.15) is 0 Å². The van der Waals surface area contributed by atoms with Crippen LogP contribution in [0.3, 0.4) is 0 Å². The van der Waals surface area contributed by atoms with Gasteiger partial charge in [-0.15, -0.1) is 0 Å². The highest BCUT2D eigenvalue weighted by atomic mass is 16.4. The van der Waals surface area contributed by atoms with Crippen LogP contribution in [0.2, 0.25) is 0 Å². The molecule has 2 heterocycles. The SMILES string of the molecule is CC(C(=O)O)C1CN(C(=O)NCCc2nccn2C)C1. The topological polar surface area (TPSA) is 87.5 Å². The minimum atomic E-state index is -0.801. The number of carbonyl (C=O) groups is 2. The standard InChI is InChI=1S/C13H20N4O3/c1-9(12(18)19)10-7-17(8-10)13(20)15-4-3-11-14-5-6-16(11)2/h5-6,9-10H,3-4,7-8H2,1-2H3,(H,15,20)(H,18,19). The van der Waals surface area contributed by atoms with Gasteiger partial charge in [-0.05, 0) is 0 Å². The molecule has 2 N–H and O–H groups in total. The predicted molar refractivity (Wildman–Crippen MR) is 72.2 cm³/mol. The molecule has 0 aliphatic carbocycles. The largest absolute Gasteiger partial charge is 0.481 e. The number of carbonyl (C=O) groups excluding carboxylic acids is 1. The number of aryl methyl sites for hydroxylation is 1. The summed E-state index contributed by atoms with van der Waals surface area (Å²) in [5.41, 5.74) is 0. The van der Waals surface area contributed by atoms with Crippen LogP contribution in [0, 0.1) is 11.8 Å². The Morgan fingerprint density at radius 2 is 2.25 bits per heavy atom. The summed E-state index contributed by atoms with van der Waals surface area (Å²) in [4.78, 5) is 28.5. The smallest absolute Gasteiger partial charge is 0.317 e. The van der Waals surface area contributed by atoms with Crippen molar-refractivity contribution in [2.24, 2.45) is 18.9 Å². The Kier molecular flexibility index (Phi) is 4.26. The van der Waals surface area contributed by atoms with Crippen LogP contribution in [-0.4, -0.2) is 51.2 Å². The number of urea groups is 1. The molecular formula is C13H20N4O3. The quantitative estimate of drug-likeness (QED) is 0.813. The Bertz CT molecular complexity index is 494. The molecule has 0 aromatic carbocycles. The summed E-state index contributed by atoms with van der Waals surface area (Å²) in [7, 11) is 1.91. The molecule has 110 valence electrons. The summed E-state index contributed by atoms with van der Waals surface area (Å²) in [6.45, 7) is 3.24. The first kappa shape index (κ1) is 14.4. The zero-order valence-electron chi connectivity index (χ0n) is 11.7. The first-order chi connectivity index (χ1) is 9.49. The van der Waals surface area contributed by atoms with E-state index in [1.54, 1.807) is 18.0 Å². The molecule has 1 aromatic rings. The normalized spacial score (nSPS) is 16.6. The van der Waals surface area contributed by atoms with Gasteiger partial charge in [0.15, 0.2) is 0 Å². The molecule has 2 amide bonds. The summed E-state index contributed by atoms with van der Waals surface area (Å²) < 4.78 is 1.92. The number of likely N-dealkylation sites (tertiary alicyclic amines) is 1. The third-order valence-electron chi connectivity index (χ3n) is 3.84. The van der Waals surface area contributed by atoms with Crippen LogP contribution in [0.15, 0.2) is 12.4 Å². The van der Waals surface area contributed by atoms with Gasteiger partial charge < -0.3 is 19.9 Å². The Hall–Kier alpha value is -2.05. The van der Waals surface area contributed by atoms with Crippen LogP contribution in [0.4, 0.5) is 4.79 Å². The van der Waals surface area contributed by atoms with Crippen molar-refractivity contribution < 1.29 is 14.7 Å². The molecule has 1 saturated heterocycles. The highest BCUT2D eigenvalue weighted by molar-refractivity contribution is 5.76. The van der Waals surface area contributed by atoms with Gasteiger partial charge in [0, 0.05) is 51.4 Å². The Balaban J connectivity index is 1.67. The lowest BCUT2D eigenvalue weighted by molar-refractivity contribution is -0.144. The van der Waals surface area contributed by atoms with Crippen molar-refractivity contribution in [1.29, 1.82) is 0 Å². The van der Waals surface area contributed by atoms with E-state index < -0.39 is 11.9 Å². The van der Waals surface area contributed by atoms with Crippen molar-refractivity contribution in [2.45, 2.75) is 13.3 Å². The fourth-order valence-corrected chi connectivity index (χ4v) is 2.23. The van der Waals surface area contributed by atoms with Gasteiger partial charge in [0.05, 0.1) is 5.92 Å². The average Bonchev–Trinajstić information content (AvgIpc) is 2.73. The van der Waals surface area contributed by atoms with Gasteiger partial charge in [-0.1, -0.05) is 6.92 Å². The number of carboxylic acids is 1. The number of hydrogen-bond acceptors (Lipinski definition) is 3. The summed E-state index contributed by atoms with van der Waals surface area (Å²) >= 11 is 0. The molecule has 1 aliphatic heterocycles. The number of aromatic nitrogens is 2. The second-order valence-corrected chi connectivity index (χ2v) is 5.23. The number of nitrogens with zero attached hydrogens (tertiary/aromatic N) is 3. The van der Waals surface area contributed by atoms with Gasteiger partial charge in [0.25, 0.3) is 0 Å². The average molecular weight is 280 g/mol. The predicted octanol–water partition coefficient (Wildman–Crippen LogP) is 0.325. The van der Waals surface area contributed by atoms with Gasteiger partial charge in [0.1, 0.15) is 5.82 Å². The third-order valence-corrected chi connectivity index (χ3v) is 3.84. The van der Waals surface area contributed by atoms with Crippen molar-refractivity contribution in [1.82, 2.24) is 19.8 Å².